The zero-order chi connectivity index (χ0) is 55.7. The van der Waals surface area contributed by atoms with E-state index < -0.39 is 170 Å². The van der Waals surface area contributed by atoms with Crippen molar-refractivity contribution in [1.29, 1.82) is 0 Å². The molecule has 34 heteroatoms. The molecular formula is C37H35F18N5O11. The van der Waals surface area contributed by atoms with E-state index in [-0.39, 0.29) is 24.8 Å². The van der Waals surface area contributed by atoms with Crippen LogP contribution < -0.4 is 0 Å². The number of ether oxygens (including phenoxy) is 3. The molecule has 5 saturated heterocycles. The Morgan fingerprint density at radius 2 is 0.901 bits per heavy atom. The lowest BCUT2D eigenvalue weighted by molar-refractivity contribution is -0.395. The van der Waals surface area contributed by atoms with Crippen molar-refractivity contribution in [3.63, 3.8) is 0 Å². The number of halogens is 18. The molecule has 0 aromatic rings. The van der Waals surface area contributed by atoms with Gasteiger partial charge in [0.25, 0.3) is 0 Å². The van der Waals surface area contributed by atoms with E-state index in [1.807, 2.05) is 0 Å². The third-order valence-corrected chi connectivity index (χ3v) is 11.7. The number of nitrogens with zero attached hydrogens (tertiary/aromatic N) is 5. The van der Waals surface area contributed by atoms with Crippen molar-refractivity contribution >= 4 is 52.9 Å². The first-order chi connectivity index (χ1) is 31.9. The van der Waals surface area contributed by atoms with Crippen LogP contribution in [0.4, 0.5) is 79.0 Å². The lowest BCUT2D eigenvalue weighted by atomic mass is 9.84. The van der Waals surface area contributed by atoms with Crippen LogP contribution in [-0.4, -0.2) is 145 Å². The molecule has 0 unspecified atom stereocenters. The van der Waals surface area contributed by atoms with Gasteiger partial charge in [-0.2, -0.15) is 83.8 Å². The zero-order valence-electron chi connectivity index (χ0n) is 36.6. The van der Waals surface area contributed by atoms with Crippen LogP contribution in [0.2, 0.25) is 0 Å². The van der Waals surface area contributed by atoms with Crippen LogP contribution in [0.1, 0.15) is 67.2 Å². The number of fused-ring (bicyclic) bond motifs is 2. The smallest absolute Gasteiger partial charge is 0.419 e. The number of carbonyl (C=O) groups is 8. The van der Waals surface area contributed by atoms with Crippen molar-refractivity contribution in [1.82, 2.24) is 14.7 Å². The number of alkyl halides is 18. The van der Waals surface area contributed by atoms with Gasteiger partial charge in [0.1, 0.15) is 29.8 Å². The summed E-state index contributed by atoms with van der Waals surface area (Å²) >= 11 is 0. The number of cyclic esters (lactones) is 3. The number of Topliss-reactive ketones (excluding diaryl/α,β-unsaturated/α-hetero) is 2. The molecule has 5 aliphatic heterocycles. The van der Waals surface area contributed by atoms with Crippen LogP contribution in [0.5, 0.6) is 0 Å². The summed E-state index contributed by atoms with van der Waals surface area (Å²) in [5.41, 5.74) is -8.18. The predicted molar refractivity (Wildman–Crippen MR) is 189 cm³/mol. The normalized spacial score (nSPS) is 26.8. The van der Waals surface area contributed by atoms with Crippen molar-refractivity contribution in [3.8, 4) is 0 Å². The molecule has 400 valence electrons. The van der Waals surface area contributed by atoms with Gasteiger partial charge in [0, 0.05) is 18.8 Å². The molecule has 0 aromatic heterocycles. The first-order valence-electron chi connectivity index (χ1n) is 19.9. The highest BCUT2D eigenvalue weighted by molar-refractivity contribution is 6.63. The van der Waals surface area contributed by atoms with E-state index in [0.717, 1.165) is 6.92 Å². The van der Waals surface area contributed by atoms with Crippen LogP contribution >= 0.6 is 0 Å². The second-order valence-corrected chi connectivity index (χ2v) is 16.0. The summed E-state index contributed by atoms with van der Waals surface area (Å²) in [6.45, 7) is 10.4. The number of hydrogen-bond acceptors (Lipinski definition) is 11. The molecule has 0 bridgehead atoms. The molecule has 0 radical (unpaired) electrons. The van der Waals surface area contributed by atoms with Crippen LogP contribution in [-0.2, 0) is 52.6 Å². The molecule has 0 spiro atoms. The predicted octanol–water partition coefficient (Wildman–Crippen LogP) is 6.22. The fraction of sp³-hybridized carbons (Fsp3) is 0.703. The Balaban J connectivity index is 0.000000282. The molecule has 0 aromatic carbocycles. The molecule has 5 heterocycles. The maximum atomic E-state index is 13.3. The Hall–Kier alpha value is -5.98. The van der Waals surface area contributed by atoms with Crippen molar-refractivity contribution in [2.75, 3.05) is 0 Å². The van der Waals surface area contributed by atoms with E-state index in [4.69, 9.17) is 5.53 Å². The molecular weight excluding hydrogens is 1030 g/mol. The van der Waals surface area contributed by atoms with Crippen LogP contribution in [0.3, 0.4) is 0 Å². The Morgan fingerprint density at radius 3 is 1.17 bits per heavy atom. The SMILES string of the molecule is C=C(C)[C@H]1C(=O)N2[C@H](C(=O)OC2(C(F)(F)F)C(F)(F)F)[C@H]1CC.CCC[C@H]1C(=O)OC(C(F)(F)F)(C(F)(F)F)N1C(=O)C(=[N+]=[N-])C(C)=O.CC[C@H]1[C@@H](C(C)=O)C(=O)N2[C@@H]1C(=O)OC2(C(F)(F)F)C(F)(F)F. The van der Waals surface area contributed by atoms with Crippen LogP contribution in [0.15, 0.2) is 12.2 Å². The molecule has 7 atom stereocenters. The highest BCUT2D eigenvalue weighted by Gasteiger charge is 2.88. The number of rotatable bonds is 8. The molecule has 5 fully saturated rings. The molecule has 71 heavy (non-hydrogen) atoms. The van der Waals surface area contributed by atoms with Gasteiger partial charge >= 0.3 is 83.8 Å². The van der Waals surface area contributed by atoms with Crippen LogP contribution in [0, 0.1) is 23.7 Å². The summed E-state index contributed by atoms with van der Waals surface area (Å²) in [4.78, 5) is 94.6. The average molecular weight is 1070 g/mol. The summed E-state index contributed by atoms with van der Waals surface area (Å²) in [5.74, 6) is -18.5. The monoisotopic (exact) mass is 1070 g/mol. The topological polar surface area (TPSA) is 210 Å². The Labute approximate surface area is 385 Å². The van der Waals surface area contributed by atoms with E-state index in [1.54, 1.807) is 0 Å². The summed E-state index contributed by atoms with van der Waals surface area (Å²) in [5, 5.41) is 0. The van der Waals surface area contributed by atoms with E-state index in [2.05, 4.69) is 25.6 Å². The van der Waals surface area contributed by atoms with Gasteiger partial charge in [0.2, 0.25) is 17.6 Å². The summed E-state index contributed by atoms with van der Waals surface area (Å²) in [7, 11) is 0. The summed E-state index contributed by atoms with van der Waals surface area (Å²) < 4.78 is 249. The zero-order valence-corrected chi connectivity index (χ0v) is 36.6. The number of amides is 3. The molecule has 0 N–H and O–H groups in total. The molecule has 16 nitrogen and oxygen atoms in total. The van der Waals surface area contributed by atoms with Gasteiger partial charge in [0.15, 0.2) is 0 Å². The van der Waals surface area contributed by atoms with E-state index in [9.17, 15) is 117 Å². The fourth-order valence-corrected chi connectivity index (χ4v) is 8.85. The van der Waals surface area contributed by atoms with Gasteiger partial charge in [0.05, 0.1) is 5.92 Å². The highest BCUT2D eigenvalue weighted by atomic mass is 19.4. The molecule has 5 rings (SSSR count). The number of hydrogen-bond donors (Lipinski definition) is 0. The molecule has 0 aliphatic carbocycles. The van der Waals surface area contributed by atoms with Gasteiger partial charge in [-0.1, -0.05) is 39.3 Å². The minimum Gasteiger partial charge on any atom is -0.419 e. The molecule has 0 saturated carbocycles. The van der Waals surface area contributed by atoms with Crippen LogP contribution in [0.25, 0.3) is 5.53 Å². The first-order valence-corrected chi connectivity index (χ1v) is 19.9. The number of ketones is 2. The summed E-state index contributed by atoms with van der Waals surface area (Å²) in [6, 6.07) is -6.29. The standard InChI is InChI=1S/C13H13F6NO3.C12H11F6N3O4.C12H11F6NO4/c1-4-6-7(5(2)3)9(21)20-8(6)10(22)23-11(20,12(14,15)16)13(17,18)19;1-3-4-6-9(24)25-10(11(13,14)15,12(16,17)18)21(6)8(23)7(20-19)5(2)22;1-3-5-6(4(2)20)8(21)19-7(5)9(22)23-10(19,11(13,14)15)12(16,17)18/h6-8H,2,4H2,1,3H3;6H,3-4H2,1-2H3;5-7H,3H2,1-2H3/t6-,7+,8-;6-;5-,6+,7-/m000/s1. The third-order valence-electron chi connectivity index (χ3n) is 11.7. The molecule has 5 aliphatic rings. The van der Waals surface area contributed by atoms with Crippen molar-refractivity contribution in [2.24, 2.45) is 23.7 Å². The van der Waals surface area contributed by atoms with Crippen molar-refractivity contribution in [3.05, 3.63) is 17.7 Å². The van der Waals surface area contributed by atoms with E-state index in [1.165, 1.54) is 27.7 Å². The van der Waals surface area contributed by atoms with E-state index in [0.29, 0.717) is 6.92 Å². The van der Waals surface area contributed by atoms with Gasteiger partial charge < -0.3 is 19.7 Å². The lowest BCUT2D eigenvalue weighted by Gasteiger charge is -2.38. The second kappa shape index (κ2) is 18.9. The van der Waals surface area contributed by atoms with Gasteiger partial charge in [-0.15, -0.1) is 0 Å². The van der Waals surface area contributed by atoms with Gasteiger partial charge in [-0.3, -0.25) is 38.7 Å². The van der Waals surface area contributed by atoms with E-state index >= 15 is 0 Å². The number of esters is 3. The summed E-state index contributed by atoms with van der Waals surface area (Å²) in [6.07, 6.45) is -37.6. The highest BCUT2D eigenvalue weighted by Crippen LogP contribution is 2.59. The first kappa shape index (κ1) is 59.3. The maximum absolute atomic E-state index is 13.3. The maximum Gasteiger partial charge on any atom is 0.458 e. The number of carbonyl (C=O) groups excluding carboxylic acids is 8. The van der Waals surface area contributed by atoms with Crippen molar-refractivity contribution in [2.45, 2.75) is 140 Å². The van der Waals surface area contributed by atoms with Gasteiger partial charge in [-0.05, 0) is 33.1 Å². The minimum atomic E-state index is -6.27. The lowest BCUT2D eigenvalue weighted by Crippen LogP contribution is -2.69. The molecule has 3 amide bonds. The fourth-order valence-electron chi connectivity index (χ4n) is 8.85. The second-order valence-electron chi connectivity index (χ2n) is 16.0. The average Bonchev–Trinajstić information content (AvgIpc) is 3.95. The Morgan fingerprint density at radius 1 is 0.577 bits per heavy atom. The van der Waals surface area contributed by atoms with Gasteiger partial charge in [-0.25, -0.2) is 14.4 Å². The third kappa shape index (κ3) is 8.93. The Kier molecular flexibility index (Phi) is 15.8. The minimum absolute atomic E-state index is 0.0192. The Bertz CT molecular complexity index is 2140. The quantitative estimate of drug-likeness (QED) is 0.0389. The van der Waals surface area contributed by atoms with Crippen molar-refractivity contribution < 1.29 is 136 Å². The largest absolute Gasteiger partial charge is 0.458 e.